The molecule has 3 rings (SSSR count). The molecule has 0 atom stereocenters. The van der Waals surface area contributed by atoms with Crippen LogP contribution in [0.15, 0.2) is 59.5 Å². The van der Waals surface area contributed by atoms with E-state index in [-0.39, 0.29) is 37.0 Å². The number of sulfonamides is 1. The van der Waals surface area contributed by atoms with E-state index >= 15 is 0 Å². The molecule has 0 unspecified atom stereocenters. The van der Waals surface area contributed by atoms with Crippen molar-refractivity contribution in [3.63, 3.8) is 0 Å². The molecule has 0 bridgehead atoms. The molecule has 1 amide bonds. The zero-order chi connectivity index (χ0) is 19.4. The Bertz CT molecular complexity index is 965. The maximum Gasteiger partial charge on any atom is 0.246 e. The van der Waals surface area contributed by atoms with Gasteiger partial charge in [-0.1, -0.05) is 36.4 Å². The van der Waals surface area contributed by atoms with Gasteiger partial charge < -0.3 is 4.90 Å². The van der Waals surface area contributed by atoms with Gasteiger partial charge in [-0.3, -0.25) is 4.79 Å². The largest absolute Gasteiger partial charge is 0.337 e. The van der Waals surface area contributed by atoms with Crippen LogP contribution in [0.5, 0.6) is 0 Å². The van der Waals surface area contributed by atoms with E-state index in [1.165, 1.54) is 28.6 Å². The van der Waals surface area contributed by atoms with E-state index in [2.05, 4.69) is 0 Å². The van der Waals surface area contributed by atoms with E-state index in [0.29, 0.717) is 0 Å². The van der Waals surface area contributed by atoms with Crippen molar-refractivity contribution in [2.24, 2.45) is 0 Å². The number of nitrogens with zero attached hydrogens (tertiary/aromatic N) is 2. The predicted molar refractivity (Wildman–Crippen MR) is 102 cm³/mol. The van der Waals surface area contributed by atoms with Crippen LogP contribution in [0, 0.1) is 12.7 Å². The lowest BCUT2D eigenvalue weighted by atomic mass is 10.1. The van der Waals surface area contributed by atoms with Crippen molar-refractivity contribution in [1.29, 1.82) is 0 Å². The smallest absolute Gasteiger partial charge is 0.246 e. The third-order valence-corrected chi connectivity index (χ3v) is 6.53. The van der Waals surface area contributed by atoms with Gasteiger partial charge in [0.25, 0.3) is 0 Å². The molecule has 7 heteroatoms. The van der Waals surface area contributed by atoms with Crippen LogP contribution < -0.4 is 0 Å². The van der Waals surface area contributed by atoms with Gasteiger partial charge in [0, 0.05) is 32.3 Å². The molecular weight excluding hydrogens is 367 g/mol. The molecule has 1 fully saturated rings. The first kappa shape index (κ1) is 19.3. The molecule has 2 aromatic carbocycles. The van der Waals surface area contributed by atoms with Gasteiger partial charge in [0.2, 0.25) is 15.9 Å². The maximum absolute atomic E-state index is 13.9. The first-order chi connectivity index (χ1) is 12.9. The molecule has 142 valence electrons. The number of piperazine rings is 1. The number of rotatable bonds is 4. The summed E-state index contributed by atoms with van der Waals surface area (Å²) >= 11 is 0. The van der Waals surface area contributed by atoms with Crippen LogP contribution in [0.25, 0.3) is 6.08 Å². The molecule has 1 aliphatic rings. The van der Waals surface area contributed by atoms with Gasteiger partial charge in [-0.05, 0) is 36.3 Å². The minimum atomic E-state index is -3.90. The summed E-state index contributed by atoms with van der Waals surface area (Å²) < 4.78 is 40.3. The Kier molecular flexibility index (Phi) is 5.72. The first-order valence-corrected chi connectivity index (χ1v) is 10.1. The van der Waals surface area contributed by atoms with E-state index in [1.807, 2.05) is 31.2 Å². The van der Waals surface area contributed by atoms with Crippen LogP contribution in [-0.4, -0.2) is 49.7 Å². The molecule has 0 saturated carbocycles. The number of hydrogen-bond donors (Lipinski definition) is 0. The summed E-state index contributed by atoms with van der Waals surface area (Å²) in [6.45, 7) is 2.78. The van der Waals surface area contributed by atoms with E-state index in [1.54, 1.807) is 11.0 Å². The number of amides is 1. The van der Waals surface area contributed by atoms with Crippen LogP contribution >= 0.6 is 0 Å². The fraction of sp³-hybridized carbons (Fsp3) is 0.250. The van der Waals surface area contributed by atoms with Gasteiger partial charge in [-0.15, -0.1) is 0 Å². The third-order valence-electron chi connectivity index (χ3n) is 4.60. The number of benzene rings is 2. The number of halogens is 1. The zero-order valence-corrected chi connectivity index (χ0v) is 15.8. The second-order valence-electron chi connectivity index (χ2n) is 6.35. The van der Waals surface area contributed by atoms with E-state index in [0.717, 1.165) is 17.2 Å². The zero-order valence-electron chi connectivity index (χ0n) is 15.0. The lowest BCUT2D eigenvalue weighted by molar-refractivity contribution is -0.127. The second kappa shape index (κ2) is 8.02. The van der Waals surface area contributed by atoms with Crippen molar-refractivity contribution in [3.8, 4) is 0 Å². The fourth-order valence-corrected chi connectivity index (χ4v) is 4.47. The van der Waals surface area contributed by atoms with E-state index in [9.17, 15) is 17.6 Å². The fourth-order valence-electron chi connectivity index (χ4n) is 2.98. The Hall–Kier alpha value is -2.51. The molecule has 5 nitrogen and oxygen atoms in total. The minimum absolute atomic E-state index is 0.139. The number of carbonyl (C=O) groups excluding carboxylic acids is 1. The monoisotopic (exact) mass is 388 g/mol. The summed E-state index contributed by atoms with van der Waals surface area (Å²) in [6, 6.07) is 13.1. The van der Waals surface area contributed by atoms with Gasteiger partial charge in [0.1, 0.15) is 10.7 Å². The van der Waals surface area contributed by atoms with Gasteiger partial charge in [0.05, 0.1) is 0 Å². The van der Waals surface area contributed by atoms with Crippen LogP contribution in [0.2, 0.25) is 0 Å². The lowest BCUT2D eigenvalue weighted by Gasteiger charge is -2.33. The second-order valence-corrected chi connectivity index (χ2v) is 8.26. The van der Waals surface area contributed by atoms with Crippen molar-refractivity contribution in [1.82, 2.24) is 9.21 Å². The van der Waals surface area contributed by atoms with Crippen LogP contribution in [0.1, 0.15) is 11.1 Å². The number of aryl methyl sites for hydroxylation is 1. The molecule has 0 N–H and O–H groups in total. The SMILES string of the molecule is Cc1ccccc1/C=C/C(=O)N1CCN(S(=O)(=O)c2ccccc2F)CC1. The number of carbonyl (C=O) groups is 1. The van der Waals surface area contributed by atoms with Crippen LogP contribution in [0.4, 0.5) is 4.39 Å². The Labute approximate surface area is 158 Å². The molecule has 1 saturated heterocycles. The Morgan fingerprint density at radius 1 is 1.00 bits per heavy atom. The van der Waals surface area contributed by atoms with Crippen molar-refractivity contribution in [3.05, 3.63) is 71.6 Å². The van der Waals surface area contributed by atoms with Crippen molar-refractivity contribution in [2.75, 3.05) is 26.2 Å². The summed E-state index contributed by atoms with van der Waals surface area (Å²) in [7, 11) is -3.90. The molecule has 0 radical (unpaired) electrons. The average molecular weight is 388 g/mol. The van der Waals surface area contributed by atoms with Crippen LogP contribution in [-0.2, 0) is 14.8 Å². The summed E-state index contributed by atoms with van der Waals surface area (Å²) in [4.78, 5) is 13.6. The normalized spacial score (nSPS) is 16.0. The average Bonchev–Trinajstić information content (AvgIpc) is 2.67. The van der Waals surface area contributed by atoms with Gasteiger partial charge in [-0.25, -0.2) is 12.8 Å². The Balaban J connectivity index is 1.64. The Morgan fingerprint density at radius 2 is 1.63 bits per heavy atom. The topological polar surface area (TPSA) is 57.7 Å². The van der Waals surface area contributed by atoms with E-state index < -0.39 is 15.8 Å². The molecule has 0 aliphatic carbocycles. The van der Waals surface area contributed by atoms with Crippen molar-refractivity contribution in [2.45, 2.75) is 11.8 Å². The molecular formula is C20H21FN2O3S. The molecule has 1 heterocycles. The number of hydrogen-bond acceptors (Lipinski definition) is 3. The quantitative estimate of drug-likeness (QED) is 0.757. The van der Waals surface area contributed by atoms with E-state index in [4.69, 9.17) is 0 Å². The van der Waals surface area contributed by atoms with Gasteiger partial charge in [-0.2, -0.15) is 4.31 Å². The lowest BCUT2D eigenvalue weighted by Crippen LogP contribution is -2.50. The molecule has 2 aromatic rings. The predicted octanol–water partition coefficient (Wildman–Crippen LogP) is 2.68. The van der Waals surface area contributed by atoms with Crippen molar-refractivity contribution >= 4 is 22.0 Å². The maximum atomic E-state index is 13.9. The molecule has 0 spiro atoms. The van der Waals surface area contributed by atoms with Crippen LogP contribution in [0.3, 0.4) is 0 Å². The molecule has 0 aromatic heterocycles. The highest BCUT2D eigenvalue weighted by Crippen LogP contribution is 2.20. The van der Waals surface area contributed by atoms with Crippen molar-refractivity contribution < 1.29 is 17.6 Å². The molecule has 27 heavy (non-hydrogen) atoms. The highest BCUT2D eigenvalue weighted by molar-refractivity contribution is 7.89. The molecule has 1 aliphatic heterocycles. The first-order valence-electron chi connectivity index (χ1n) is 8.67. The minimum Gasteiger partial charge on any atom is -0.337 e. The van der Waals surface area contributed by atoms with Gasteiger partial charge >= 0.3 is 0 Å². The summed E-state index contributed by atoms with van der Waals surface area (Å²) in [6.07, 6.45) is 3.27. The summed E-state index contributed by atoms with van der Waals surface area (Å²) in [5.41, 5.74) is 2.04. The standard InChI is InChI=1S/C20H21FN2O3S/c1-16-6-2-3-7-17(16)10-11-20(24)22-12-14-23(15-13-22)27(25,26)19-9-5-4-8-18(19)21/h2-11H,12-15H2,1H3/b11-10+. The summed E-state index contributed by atoms with van der Waals surface area (Å²) in [5, 5.41) is 0. The highest BCUT2D eigenvalue weighted by Gasteiger charge is 2.31. The highest BCUT2D eigenvalue weighted by atomic mass is 32.2. The third kappa shape index (κ3) is 4.26. The Morgan fingerprint density at radius 3 is 2.30 bits per heavy atom. The summed E-state index contributed by atoms with van der Waals surface area (Å²) in [5.74, 6) is -0.932. The van der Waals surface area contributed by atoms with Gasteiger partial charge in [0.15, 0.2) is 0 Å².